The fourth-order valence-electron chi connectivity index (χ4n) is 3.79. The molecule has 0 radical (unpaired) electrons. The maximum absolute atomic E-state index is 12.6. The summed E-state index contributed by atoms with van der Waals surface area (Å²) in [6.07, 6.45) is 1.42. The zero-order valence-electron chi connectivity index (χ0n) is 19.2. The first-order valence-corrected chi connectivity index (χ1v) is 10.9. The standard InChI is InChI=1S/C23H32N6O3/c1-5-29(6-2)20(30)15-28-10-11-32-19(14-28)21-18(13-25-23(26-21)27(3)4)16-8-7-9-17(12-16)22(24)31/h7-9,12-13,19H,5-6,10-11,14-15H2,1-4H3,(H2,24,31)/t19-/m0/s1. The molecule has 2 N–H and O–H groups in total. The molecule has 2 heterocycles. The fraction of sp³-hybridized carbons (Fsp3) is 0.478. The van der Waals surface area contributed by atoms with Crippen molar-refractivity contribution in [3.8, 4) is 11.1 Å². The Morgan fingerprint density at radius 3 is 2.66 bits per heavy atom. The molecule has 0 saturated carbocycles. The van der Waals surface area contributed by atoms with Crippen molar-refractivity contribution in [2.75, 3.05) is 58.3 Å². The first-order chi connectivity index (χ1) is 15.3. The van der Waals surface area contributed by atoms with Gasteiger partial charge in [-0.15, -0.1) is 0 Å². The highest BCUT2D eigenvalue weighted by atomic mass is 16.5. The molecule has 2 aromatic rings. The van der Waals surface area contributed by atoms with Gasteiger partial charge in [0.15, 0.2) is 0 Å². The second-order valence-electron chi connectivity index (χ2n) is 7.97. The van der Waals surface area contributed by atoms with E-state index in [2.05, 4.69) is 9.88 Å². The predicted octanol–water partition coefficient (Wildman–Crippen LogP) is 1.55. The van der Waals surface area contributed by atoms with Crippen LogP contribution in [0.2, 0.25) is 0 Å². The number of carbonyl (C=O) groups is 2. The van der Waals surface area contributed by atoms with E-state index in [0.29, 0.717) is 50.8 Å². The quantitative estimate of drug-likeness (QED) is 0.664. The smallest absolute Gasteiger partial charge is 0.248 e. The number of likely N-dealkylation sites (N-methyl/N-ethyl adjacent to an activating group) is 1. The SMILES string of the molecule is CCN(CC)C(=O)CN1CCO[C@H](c2nc(N(C)C)ncc2-c2cccc(C(N)=O)c2)C1. The van der Waals surface area contributed by atoms with Gasteiger partial charge >= 0.3 is 0 Å². The van der Waals surface area contributed by atoms with Gasteiger partial charge in [0.05, 0.1) is 18.8 Å². The summed E-state index contributed by atoms with van der Waals surface area (Å²) in [7, 11) is 3.76. The number of aromatic nitrogens is 2. The molecule has 1 atom stereocenters. The van der Waals surface area contributed by atoms with Crippen LogP contribution in [0.1, 0.15) is 36.0 Å². The van der Waals surface area contributed by atoms with Crippen LogP contribution in [-0.4, -0.2) is 85.0 Å². The van der Waals surface area contributed by atoms with E-state index in [1.54, 1.807) is 24.4 Å². The van der Waals surface area contributed by atoms with Gasteiger partial charge in [0.25, 0.3) is 0 Å². The topological polar surface area (TPSA) is 105 Å². The summed E-state index contributed by atoms with van der Waals surface area (Å²) in [6.45, 7) is 7.43. The third-order valence-electron chi connectivity index (χ3n) is 5.59. The number of rotatable bonds is 8. The average molecular weight is 441 g/mol. The minimum absolute atomic E-state index is 0.113. The highest BCUT2D eigenvalue weighted by Gasteiger charge is 2.28. The van der Waals surface area contributed by atoms with Gasteiger partial charge in [-0.25, -0.2) is 9.97 Å². The number of carbonyl (C=O) groups excluding carboxylic acids is 2. The lowest BCUT2D eigenvalue weighted by Crippen LogP contribution is -2.45. The van der Waals surface area contributed by atoms with Crippen molar-refractivity contribution >= 4 is 17.8 Å². The van der Waals surface area contributed by atoms with Crippen LogP contribution in [0.4, 0.5) is 5.95 Å². The molecule has 9 nitrogen and oxygen atoms in total. The second kappa shape index (κ2) is 10.5. The van der Waals surface area contributed by atoms with Crippen LogP contribution in [-0.2, 0) is 9.53 Å². The summed E-state index contributed by atoms with van der Waals surface area (Å²) in [4.78, 5) is 39.3. The van der Waals surface area contributed by atoms with Crippen LogP contribution < -0.4 is 10.6 Å². The van der Waals surface area contributed by atoms with Gasteiger partial charge in [-0.05, 0) is 31.5 Å². The Morgan fingerprint density at radius 1 is 1.25 bits per heavy atom. The number of hydrogen-bond donors (Lipinski definition) is 1. The molecule has 0 spiro atoms. The molecule has 2 amide bonds. The molecule has 172 valence electrons. The number of benzene rings is 1. The van der Waals surface area contributed by atoms with E-state index >= 15 is 0 Å². The molecule has 1 aromatic heterocycles. The highest BCUT2D eigenvalue weighted by Crippen LogP contribution is 2.32. The summed E-state index contributed by atoms with van der Waals surface area (Å²) in [5.74, 6) is 0.186. The minimum Gasteiger partial charge on any atom is -0.369 e. The van der Waals surface area contributed by atoms with Gasteiger partial charge in [-0.3, -0.25) is 14.5 Å². The Kier molecular flexibility index (Phi) is 7.76. The van der Waals surface area contributed by atoms with Gasteiger partial charge in [0, 0.05) is 57.6 Å². The summed E-state index contributed by atoms with van der Waals surface area (Å²) in [5.41, 5.74) is 8.19. The molecule has 0 bridgehead atoms. The van der Waals surface area contributed by atoms with Crippen molar-refractivity contribution in [2.45, 2.75) is 20.0 Å². The normalized spacial score (nSPS) is 16.6. The Labute approximate surface area is 189 Å². The average Bonchev–Trinajstić information content (AvgIpc) is 2.79. The Hall–Kier alpha value is -3.04. The minimum atomic E-state index is -0.491. The molecule has 1 aromatic carbocycles. The van der Waals surface area contributed by atoms with Crippen LogP contribution >= 0.6 is 0 Å². The molecular weight excluding hydrogens is 408 g/mol. The number of nitrogens with zero attached hydrogens (tertiary/aromatic N) is 5. The zero-order valence-corrected chi connectivity index (χ0v) is 19.2. The summed E-state index contributed by atoms with van der Waals surface area (Å²) < 4.78 is 6.10. The van der Waals surface area contributed by atoms with Crippen molar-refractivity contribution in [1.82, 2.24) is 19.8 Å². The number of anilines is 1. The van der Waals surface area contributed by atoms with Gasteiger partial charge in [-0.1, -0.05) is 12.1 Å². The van der Waals surface area contributed by atoms with E-state index in [1.807, 2.05) is 43.8 Å². The number of primary amides is 1. The molecule has 1 fully saturated rings. The largest absolute Gasteiger partial charge is 0.369 e. The zero-order chi connectivity index (χ0) is 23.3. The first kappa shape index (κ1) is 23.6. The number of nitrogens with two attached hydrogens (primary N) is 1. The van der Waals surface area contributed by atoms with Crippen LogP contribution in [0.15, 0.2) is 30.5 Å². The molecule has 1 saturated heterocycles. The second-order valence-corrected chi connectivity index (χ2v) is 7.97. The molecule has 0 aliphatic carbocycles. The van der Waals surface area contributed by atoms with Crippen molar-refractivity contribution in [2.24, 2.45) is 5.73 Å². The van der Waals surface area contributed by atoms with Crippen molar-refractivity contribution in [3.05, 3.63) is 41.7 Å². The number of ether oxygens (including phenoxy) is 1. The van der Waals surface area contributed by atoms with Gasteiger partial charge in [0.2, 0.25) is 17.8 Å². The van der Waals surface area contributed by atoms with E-state index in [1.165, 1.54) is 0 Å². The highest BCUT2D eigenvalue weighted by molar-refractivity contribution is 5.94. The lowest BCUT2D eigenvalue weighted by molar-refractivity contribution is -0.134. The molecule has 32 heavy (non-hydrogen) atoms. The maximum Gasteiger partial charge on any atom is 0.248 e. The Bertz CT molecular complexity index is 960. The lowest BCUT2D eigenvalue weighted by Gasteiger charge is -2.34. The van der Waals surface area contributed by atoms with E-state index in [-0.39, 0.29) is 12.0 Å². The molecule has 3 rings (SSSR count). The van der Waals surface area contributed by atoms with E-state index in [9.17, 15) is 9.59 Å². The number of morpholine rings is 1. The van der Waals surface area contributed by atoms with Gasteiger partial charge < -0.3 is 20.3 Å². The third kappa shape index (κ3) is 5.41. The molecule has 1 aliphatic rings. The van der Waals surface area contributed by atoms with E-state index in [4.69, 9.17) is 15.5 Å². The van der Waals surface area contributed by atoms with Gasteiger partial charge in [0.1, 0.15) is 6.10 Å². The molecule has 9 heteroatoms. The first-order valence-electron chi connectivity index (χ1n) is 10.9. The molecule has 0 unspecified atom stereocenters. The van der Waals surface area contributed by atoms with Crippen LogP contribution in [0.3, 0.4) is 0 Å². The predicted molar refractivity (Wildman–Crippen MR) is 123 cm³/mol. The summed E-state index contributed by atoms with van der Waals surface area (Å²) in [6, 6.07) is 7.10. The molecule has 1 aliphatic heterocycles. The fourth-order valence-corrected chi connectivity index (χ4v) is 3.79. The maximum atomic E-state index is 12.6. The monoisotopic (exact) mass is 440 g/mol. The van der Waals surface area contributed by atoms with Crippen molar-refractivity contribution in [3.63, 3.8) is 0 Å². The Morgan fingerprint density at radius 2 is 2.00 bits per heavy atom. The van der Waals surface area contributed by atoms with Crippen molar-refractivity contribution < 1.29 is 14.3 Å². The van der Waals surface area contributed by atoms with Crippen LogP contribution in [0.5, 0.6) is 0 Å². The third-order valence-corrected chi connectivity index (χ3v) is 5.59. The lowest BCUT2D eigenvalue weighted by atomic mass is 9.99. The van der Waals surface area contributed by atoms with Crippen LogP contribution in [0, 0.1) is 0 Å². The van der Waals surface area contributed by atoms with Crippen molar-refractivity contribution in [1.29, 1.82) is 0 Å². The van der Waals surface area contributed by atoms with Crippen LogP contribution in [0.25, 0.3) is 11.1 Å². The van der Waals surface area contributed by atoms with Gasteiger partial charge in [-0.2, -0.15) is 0 Å². The summed E-state index contributed by atoms with van der Waals surface area (Å²) >= 11 is 0. The number of amides is 2. The van der Waals surface area contributed by atoms with E-state index < -0.39 is 5.91 Å². The summed E-state index contributed by atoms with van der Waals surface area (Å²) in [5, 5.41) is 0. The number of hydrogen-bond acceptors (Lipinski definition) is 7. The Balaban J connectivity index is 1.93. The molecular formula is C23H32N6O3. The van der Waals surface area contributed by atoms with E-state index in [0.717, 1.165) is 16.8 Å².